The van der Waals surface area contributed by atoms with Crippen LogP contribution in [0.15, 0.2) is 30.3 Å². The number of fused-ring (bicyclic) bond motifs is 1. The fraction of sp³-hybridized carbons (Fsp3) is 0.188. The maximum absolute atomic E-state index is 11.4. The Labute approximate surface area is 131 Å². The monoisotopic (exact) mass is 313 g/mol. The summed E-state index contributed by atoms with van der Waals surface area (Å²) in [4.78, 5) is 24.6. The lowest BCUT2D eigenvalue weighted by molar-refractivity contribution is -0.137. The van der Waals surface area contributed by atoms with Crippen molar-refractivity contribution >= 4 is 34.4 Å². The van der Waals surface area contributed by atoms with E-state index in [1.165, 1.54) is 17.4 Å². The molecule has 0 unspecified atom stereocenters. The minimum absolute atomic E-state index is 0.347. The number of aromatic nitrogens is 3. The normalized spacial score (nSPS) is 11.4. The highest BCUT2D eigenvalue weighted by Crippen LogP contribution is 2.28. The highest BCUT2D eigenvalue weighted by Gasteiger charge is 2.11. The molecule has 0 fully saturated rings. The van der Waals surface area contributed by atoms with Crippen LogP contribution in [0, 0.1) is 6.92 Å². The zero-order chi connectivity index (χ0) is 15.5. The molecule has 3 aromatic rings. The lowest BCUT2D eigenvalue weighted by atomic mass is 10.3. The van der Waals surface area contributed by atoms with Crippen LogP contribution in [-0.2, 0) is 9.53 Å². The first-order chi connectivity index (χ1) is 10.7. The van der Waals surface area contributed by atoms with E-state index in [1.807, 2.05) is 31.2 Å². The van der Waals surface area contributed by atoms with Crippen LogP contribution in [-0.4, -0.2) is 27.5 Å². The van der Waals surface area contributed by atoms with Gasteiger partial charge in [0.05, 0.1) is 28.2 Å². The number of carbonyl (C=O) groups excluding carboxylic acids is 1. The fourth-order valence-corrected chi connectivity index (χ4v) is 2.97. The highest BCUT2D eigenvalue weighted by atomic mass is 32.1. The Morgan fingerprint density at radius 2 is 2.18 bits per heavy atom. The van der Waals surface area contributed by atoms with Crippen LogP contribution in [0.5, 0.6) is 0 Å². The van der Waals surface area contributed by atoms with Gasteiger partial charge < -0.3 is 9.72 Å². The summed E-state index contributed by atoms with van der Waals surface area (Å²) in [5.41, 5.74) is 2.75. The summed E-state index contributed by atoms with van der Waals surface area (Å²) in [6.07, 6.45) is 3.16. The molecule has 0 saturated carbocycles. The molecule has 3 rings (SSSR count). The van der Waals surface area contributed by atoms with Crippen molar-refractivity contribution in [3.8, 4) is 10.8 Å². The number of para-hydroxylation sites is 2. The summed E-state index contributed by atoms with van der Waals surface area (Å²) >= 11 is 1.49. The minimum atomic E-state index is -0.347. The van der Waals surface area contributed by atoms with Gasteiger partial charge in [-0.3, -0.25) is 0 Å². The lowest BCUT2D eigenvalue weighted by Crippen LogP contribution is -1.98. The fourth-order valence-electron chi connectivity index (χ4n) is 2.05. The van der Waals surface area contributed by atoms with Crippen LogP contribution in [0.25, 0.3) is 27.9 Å². The van der Waals surface area contributed by atoms with Crippen molar-refractivity contribution < 1.29 is 9.53 Å². The van der Waals surface area contributed by atoms with Gasteiger partial charge in [-0.05, 0) is 32.1 Å². The molecular formula is C16H15N3O2S. The number of imidazole rings is 1. The molecule has 1 aromatic carbocycles. The second-order valence-electron chi connectivity index (χ2n) is 4.66. The van der Waals surface area contributed by atoms with Gasteiger partial charge in [-0.1, -0.05) is 12.1 Å². The van der Waals surface area contributed by atoms with Crippen molar-refractivity contribution in [1.82, 2.24) is 15.0 Å². The van der Waals surface area contributed by atoms with Gasteiger partial charge in [-0.2, -0.15) is 0 Å². The van der Waals surface area contributed by atoms with Crippen molar-refractivity contribution in [2.75, 3.05) is 6.61 Å². The quantitative estimate of drug-likeness (QED) is 0.590. The molecule has 112 valence electrons. The summed E-state index contributed by atoms with van der Waals surface area (Å²) < 4.78 is 4.87. The van der Waals surface area contributed by atoms with Crippen molar-refractivity contribution in [3.63, 3.8) is 0 Å². The number of ether oxygens (including phenoxy) is 1. The molecule has 0 aliphatic heterocycles. The van der Waals surface area contributed by atoms with Crippen LogP contribution in [0.4, 0.5) is 0 Å². The third-order valence-corrected chi connectivity index (χ3v) is 4.21. The predicted octanol–water partition coefficient (Wildman–Crippen LogP) is 3.57. The van der Waals surface area contributed by atoms with Crippen molar-refractivity contribution in [2.24, 2.45) is 0 Å². The number of esters is 1. The molecule has 0 amide bonds. The van der Waals surface area contributed by atoms with Crippen molar-refractivity contribution in [1.29, 1.82) is 0 Å². The molecule has 0 aliphatic rings. The Bertz CT molecular complexity index is 815. The van der Waals surface area contributed by atoms with Gasteiger partial charge in [0, 0.05) is 6.08 Å². The van der Waals surface area contributed by atoms with E-state index < -0.39 is 0 Å². The Morgan fingerprint density at radius 3 is 2.95 bits per heavy atom. The third-order valence-electron chi connectivity index (χ3n) is 3.08. The average Bonchev–Trinajstić information content (AvgIpc) is 3.08. The maximum Gasteiger partial charge on any atom is 0.330 e. The number of nitrogens with zero attached hydrogens (tertiary/aromatic N) is 2. The van der Waals surface area contributed by atoms with Gasteiger partial charge in [0.2, 0.25) is 0 Å². The standard InChI is InChI=1S/C16H15N3O2S/c1-3-21-14(20)9-8-13-10(2)17-16(22-13)15-18-11-6-4-5-7-12(11)19-15/h4-9H,3H2,1-2H3,(H,18,19)/b9-8+. The van der Waals surface area contributed by atoms with Gasteiger partial charge >= 0.3 is 5.97 Å². The van der Waals surface area contributed by atoms with Gasteiger partial charge in [0.15, 0.2) is 10.8 Å². The second-order valence-corrected chi connectivity index (χ2v) is 5.69. The summed E-state index contributed by atoms with van der Waals surface area (Å²) in [6.45, 7) is 4.06. The maximum atomic E-state index is 11.4. The van der Waals surface area contributed by atoms with Crippen LogP contribution < -0.4 is 0 Å². The summed E-state index contributed by atoms with van der Waals surface area (Å²) in [7, 11) is 0. The summed E-state index contributed by atoms with van der Waals surface area (Å²) in [5, 5.41) is 0.803. The third kappa shape index (κ3) is 2.92. The Balaban J connectivity index is 1.89. The first kappa shape index (κ1) is 14.5. The van der Waals surface area contributed by atoms with E-state index in [0.29, 0.717) is 6.61 Å². The van der Waals surface area contributed by atoms with E-state index in [4.69, 9.17) is 4.74 Å². The van der Waals surface area contributed by atoms with Gasteiger partial charge in [0.1, 0.15) is 0 Å². The average molecular weight is 313 g/mol. The van der Waals surface area contributed by atoms with E-state index >= 15 is 0 Å². The molecule has 22 heavy (non-hydrogen) atoms. The number of carbonyl (C=O) groups is 1. The molecule has 2 aromatic heterocycles. The van der Waals surface area contributed by atoms with E-state index in [9.17, 15) is 4.79 Å². The SMILES string of the molecule is CCOC(=O)/C=C/c1sc(-c2nc3ccccc3[nH]2)nc1C. The number of benzene rings is 1. The Kier molecular flexibility index (Phi) is 4.02. The molecule has 0 spiro atoms. The first-order valence-electron chi connectivity index (χ1n) is 6.94. The van der Waals surface area contributed by atoms with Crippen molar-refractivity contribution in [3.05, 3.63) is 40.9 Å². The number of aryl methyl sites for hydroxylation is 1. The number of hydrogen-bond acceptors (Lipinski definition) is 5. The van der Waals surface area contributed by atoms with Crippen molar-refractivity contribution in [2.45, 2.75) is 13.8 Å². The van der Waals surface area contributed by atoms with E-state index in [2.05, 4.69) is 15.0 Å². The molecule has 2 heterocycles. The van der Waals surface area contributed by atoms with Gasteiger partial charge in [-0.15, -0.1) is 11.3 Å². The van der Waals surface area contributed by atoms with Crippen LogP contribution in [0.1, 0.15) is 17.5 Å². The Hall–Kier alpha value is -2.47. The van der Waals surface area contributed by atoms with E-state index in [0.717, 1.165) is 32.4 Å². The summed E-state index contributed by atoms with van der Waals surface area (Å²) in [6, 6.07) is 7.85. The number of thiazole rings is 1. The molecule has 0 radical (unpaired) electrons. The molecule has 0 bridgehead atoms. The molecule has 0 aliphatic carbocycles. The predicted molar refractivity (Wildman–Crippen MR) is 87.6 cm³/mol. The molecular weight excluding hydrogens is 298 g/mol. The Morgan fingerprint density at radius 1 is 1.36 bits per heavy atom. The van der Waals surface area contributed by atoms with Crippen LogP contribution in [0.3, 0.4) is 0 Å². The first-order valence-corrected chi connectivity index (χ1v) is 7.76. The van der Waals surface area contributed by atoms with E-state index in [-0.39, 0.29) is 5.97 Å². The molecule has 5 nitrogen and oxygen atoms in total. The van der Waals surface area contributed by atoms with Crippen LogP contribution >= 0.6 is 11.3 Å². The van der Waals surface area contributed by atoms with Gasteiger partial charge in [-0.25, -0.2) is 14.8 Å². The zero-order valence-corrected chi connectivity index (χ0v) is 13.1. The highest BCUT2D eigenvalue weighted by molar-refractivity contribution is 7.16. The largest absolute Gasteiger partial charge is 0.463 e. The number of aromatic amines is 1. The molecule has 1 N–H and O–H groups in total. The van der Waals surface area contributed by atoms with E-state index in [1.54, 1.807) is 13.0 Å². The smallest absolute Gasteiger partial charge is 0.330 e. The number of nitrogens with one attached hydrogen (secondary N) is 1. The topological polar surface area (TPSA) is 67.9 Å². The van der Waals surface area contributed by atoms with Gasteiger partial charge in [0.25, 0.3) is 0 Å². The number of H-pyrrole nitrogens is 1. The summed E-state index contributed by atoms with van der Waals surface area (Å²) in [5.74, 6) is 0.394. The molecule has 0 saturated heterocycles. The lowest BCUT2D eigenvalue weighted by Gasteiger charge is -1.93. The zero-order valence-electron chi connectivity index (χ0n) is 12.3. The number of hydrogen-bond donors (Lipinski definition) is 1. The van der Waals surface area contributed by atoms with Crippen LogP contribution in [0.2, 0.25) is 0 Å². The second kappa shape index (κ2) is 6.11. The minimum Gasteiger partial charge on any atom is -0.463 e. The number of rotatable bonds is 4. The molecule has 0 atom stereocenters. The molecule has 6 heteroatoms.